The number of carbonyl (C=O) groups is 1. The predicted octanol–water partition coefficient (Wildman–Crippen LogP) is 2.06. The SMILES string of the molecule is CCOC(=O)[C@](N)(c1ccccc1)C(C)C. The zero-order chi connectivity index (χ0) is 12.2. The van der Waals surface area contributed by atoms with Crippen LogP contribution in [0.3, 0.4) is 0 Å². The van der Waals surface area contributed by atoms with Crippen molar-refractivity contribution in [2.45, 2.75) is 26.3 Å². The molecule has 0 spiro atoms. The summed E-state index contributed by atoms with van der Waals surface area (Å²) in [5.41, 5.74) is 5.95. The van der Waals surface area contributed by atoms with Crippen LogP contribution in [0.25, 0.3) is 0 Å². The molecule has 3 nitrogen and oxygen atoms in total. The highest BCUT2D eigenvalue weighted by Crippen LogP contribution is 2.28. The van der Waals surface area contributed by atoms with Gasteiger partial charge in [0.25, 0.3) is 0 Å². The Labute approximate surface area is 96.6 Å². The van der Waals surface area contributed by atoms with Crippen molar-refractivity contribution >= 4 is 5.97 Å². The lowest BCUT2D eigenvalue weighted by Crippen LogP contribution is -2.50. The number of hydrogen-bond acceptors (Lipinski definition) is 3. The monoisotopic (exact) mass is 221 g/mol. The molecule has 1 aromatic carbocycles. The van der Waals surface area contributed by atoms with E-state index in [1.807, 2.05) is 44.2 Å². The first-order valence-corrected chi connectivity index (χ1v) is 5.55. The maximum atomic E-state index is 12.0. The molecule has 1 atom stereocenters. The van der Waals surface area contributed by atoms with E-state index in [0.717, 1.165) is 5.56 Å². The van der Waals surface area contributed by atoms with E-state index < -0.39 is 5.54 Å². The molecule has 0 aliphatic rings. The average Bonchev–Trinajstić information content (AvgIpc) is 2.29. The molecule has 88 valence electrons. The normalized spacial score (nSPS) is 14.6. The first-order valence-electron chi connectivity index (χ1n) is 5.55. The Balaban J connectivity index is 3.12. The van der Waals surface area contributed by atoms with Crippen molar-refractivity contribution in [1.82, 2.24) is 0 Å². The molecule has 1 aromatic rings. The second-order valence-corrected chi connectivity index (χ2v) is 4.11. The van der Waals surface area contributed by atoms with Crippen LogP contribution in [0.1, 0.15) is 26.3 Å². The van der Waals surface area contributed by atoms with Gasteiger partial charge in [0.2, 0.25) is 0 Å². The number of nitrogens with two attached hydrogens (primary N) is 1. The van der Waals surface area contributed by atoms with Gasteiger partial charge in [0.1, 0.15) is 5.54 Å². The summed E-state index contributed by atoms with van der Waals surface area (Å²) in [5.74, 6) is -0.384. The van der Waals surface area contributed by atoms with Crippen LogP contribution in [-0.2, 0) is 15.1 Å². The zero-order valence-electron chi connectivity index (χ0n) is 10.1. The fourth-order valence-corrected chi connectivity index (χ4v) is 1.65. The van der Waals surface area contributed by atoms with Crippen molar-refractivity contribution in [2.75, 3.05) is 6.61 Å². The van der Waals surface area contributed by atoms with Gasteiger partial charge in [-0.25, -0.2) is 4.79 Å². The highest BCUT2D eigenvalue weighted by molar-refractivity contribution is 5.82. The standard InChI is InChI=1S/C13H19NO2/c1-4-16-12(15)13(14,10(2)3)11-8-6-5-7-9-11/h5-10H,4,14H2,1-3H3/t13-/m1/s1. The molecule has 0 aliphatic heterocycles. The number of ether oxygens (including phenoxy) is 1. The Morgan fingerprint density at radius 2 is 1.94 bits per heavy atom. The van der Waals surface area contributed by atoms with Crippen molar-refractivity contribution < 1.29 is 9.53 Å². The smallest absolute Gasteiger partial charge is 0.331 e. The van der Waals surface area contributed by atoms with Gasteiger partial charge in [0.15, 0.2) is 0 Å². The van der Waals surface area contributed by atoms with Crippen LogP contribution in [0, 0.1) is 5.92 Å². The van der Waals surface area contributed by atoms with Gasteiger partial charge >= 0.3 is 5.97 Å². The minimum absolute atomic E-state index is 0.0195. The molecule has 0 saturated carbocycles. The number of benzene rings is 1. The van der Waals surface area contributed by atoms with E-state index in [1.165, 1.54) is 0 Å². The van der Waals surface area contributed by atoms with E-state index in [1.54, 1.807) is 6.92 Å². The second-order valence-electron chi connectivity index (χ2n) is 4.11. The van der Waals surface area contributed by atoms with Gasteiger partial charge in [-0.3, -0.25) is 0 Å². The molecule has 0 saturated heterocycles. The fraction of sp³-hybridized carbons (Fsp3) is 0.462. The number of hydrogen-bond donors (Lipinski definition) is 1. The molecule has 3 heteroatoms. The molecule has 0 aromatic heterocycles. The second kappa shape index (κ2) is 5.12. The third-order valence-electron chi connectivity index (χ3n) is 2.78. The summed E-state index contributed by atoms with van der Waals surface area (Å²) in [4.78, 5) is 12.0. The Hall–Kier alpha value is -1.35. The topological polar surface area (TPSA) is 52.3 Å². The summed E-state index contributed by atoms with van der Waals surface area (Å²) in [6.07, 6.45) is 0. The van der Waals surface area contributed by atoms with Crippen LogP contribution in [0.15, 0.2) is 30.3 Å². The lowest BCUT2D eigenvalue weighted by Gasteiger charge is -2.31. The Kier molecular flexibility index (Phi) is 4.07. The Morgan fingerprint density at radius 1 is 1.38 bits per heavy atom. The van der Waals surface area contributed by atoms with Crippen LogP contribution in [0.4, 0.5) is 0 Å². The van der Waals surface area contributed by atoms with Crippen molar-refractivity contribution in [3.05, 3.63) is 35.9 Å². The van der Waals surface area contributed by atoms with Crippen molar-refractivity contribution in [3.8, 4) is 0 Å². The van der Waals surface area contributed by atoms with Crippen molar-refractivity contribution in [2.24, 2.45) is 11.7 Å². The van der Waals surface area contributed by atoms with E-state index in [0.29, 0.717) is 6.61 Å². The van der Waals surface area contributed by atoms with Gasteiger partial charge in [-0.1, -0.05) is 44.2 Å². The zero-order valence-corrected chi connectivity index (χ0v) is 10.1. The van der Waals surface area contributed by atoms with Gasteiger partial charge in [0.05, 0.1) is 6.61 Å². The van der Waals surface area contributed by atoms with E-state index >= 15 is 0 Å². The molecule has 16 heavy (non-hydrogen) atoms. The third-order valence-corrected chi connectivity index (χ3v) is 2.78. The van der Waals surface area contributed by atoms with E-state index in [-0.39, 0.29) is 11.9 Å². The molecule has 2 N–H and O–H groups in total. The van der Waals surface area contributed by atoms with Crippen LogP contribution in [-0.4, -0.2) is 12.6 Å². The lowest BCUT2D eigenvalue weighted by atomic mass is 9.81. The molecule has 1 rings (SSSR count). The Bertz CT molecular complexity index is 348. The average molecular weight is 221 g/mol. The summed E-state index contributed by atoms with van der Waals surface area (Å²) in [6, 6.07) is 9.36. The van der Waals surface area contributed by atoms with E-state index in [9.17, 15) is 4.79 Å². The van der Waals surface area contributed by atoms with Crippen LogP contribution < -0.4 is 5.73 Å². The number of carbonyl (C=O) groups excluding carboxylic acids is 1. The fourth-order valence-electron chi connectivity index (χ4n) is 1.65. The highest BCUT2D eigenvalue weighted by atomic mass is 16.5. The maximum Gasteiger partial charge on any atom is 0.331 e. The molecule has 0 unspecified atom stereocenters. The number of esters is 1. The molecule has 0 radical (unpaired) electrons. The summed E-state index contributed by atoms with van der Waals surface area (Å²) in [5, 5.41) is 0. The third kappa shape index (κ3) is 2.25. The van der Waals surface area contributed by atoms with Gasteiger partial charge in [0, 0.05) is 0 Å². The molecular formula is C13H19NO2. The maximum absolute atomic E-state index is 12.0. The molecule has 0 amide bonds. The first kappa shape index (κ1) is 12.7. The highest BCUT2D eigenvalue weighted by Gasteiger charge is 2.40. The lowest BCUT2D eigenvalue weighted by molar-refractivity contribution is -0.152. The quantitative estimate of drug-likeness (QED) is 0.792. The summed E-state index contributed by atoms with van der Waals surface area (Å²) in [6.45, 7) is 5.97. The minimum atomic E-state index is -1.06. The van der Waals surface area contributed by atoms with E-state index in [2.05, 4.69) is 0 Å². The molecule has 0 fully saturated rings. The van der Waals surface area contributed by atoms with Crippen LogP contribution in [0.5, 0.6) is 0 Å². The molecule has 0 heterocycles. The first-order chi connectivity index (χ1) is 7.53. The summed E-state index contributed by atoms with van der Waals surface area (Å²) >= 11 is 0. The van der Waals surface area contributed by atoms with Crippen LogP contribution >= 0.6 is 0 Å². The van der Waals surface area contributed by atoms with Crippen molar-refractivity contribution in [1.29, 1.82) is 0 Å². The van der Waals surface area contributed by atoms with Gasteiger partial charge in [-0.05, 0) is 18.4 Å². The van der Waals surface area contributed by atoms with E-state index in [4.69, 9.17) is 10.5 Å². The molecule has 0 aliphatic carbocycles. The van der Waals surface area contributed by atoms with Crippen molar-refractivity contribution in [3.63, 3.8) is 0 Å². The largest absolute Gasteiger partial charge is 0.464 e. The Morgan fingerprint density at radius 3 is 2.38 bits per heavy atom. The molecular weight excluding hydrogens is 202 g/mol. The summed E-state index contributed by atoms with van der Waals surface area (Å²) in [7, 11) is 0. The number of rotatable bonds is 4. The summed E-state index contributed by atoms with van der Waals surface area (Å²) < 4.78 is 5.06. The van der Waals surface area contributed by atoms with Gasteiger partial charge in [-0.2, -0.15) is 0 Å². The minimum Gasteiger partial charge on any atom is -0.464 e. The van der Waals surface area contributed by atoms with Gasteiger partial charge in [-0.15, -0.1) is 0 Å². The van der Waals surface area contributed by atoms with Gasteiger partial charge < -0.3 is 10.5 Å². The van der Waals surface area contributed by atoms with Crippen LogP contribution in [0.2, 0.25) is 0 Å². The predicted molar refractivity (Wildman–Crippen MR) is 63.8 cm³/mol. The molecule has 0 bridgehead atoms.